The Kier molecular flexibility index (Phi) is 7.13. The van der Waals surface area contributed by atoms with Crippen molar-refractivity contribution in [1.82, 2.24) is 19.9 Å². The lowest BCUT2D eigenvalue weighted by Crippen LogP contribution is -2.32. The molecule has 1 amide bonds. The number of carbonyl (C=O) groups excluding carboxylic acids is 1. The Hall–Kier alpha value is -3.13. The highest BCUT2D eigenvalue weighted by Gasteiger charge is 2.16. The van der Waals surface area contributed by atoms with Crippen LogP contribution in [-0.2, 0) is 16.0 Å². The average molecular weight is 452 g/mol. The van der Waals surface area contributed by atoms with Gasteiger partial charge >= 0.3 is 6.09 Å². The van der Waals surface area contributed by atoms with E-state index in [2.05, 4.69) is 15.6 Å². The quantitative estimate of drug-likeness (QED) is 0.479. The second-order valence-electron chi connectivity index (χ2n) is 9.39. The van der Waals surface area contributed by atoms with E-state index in [9.17, 15) is 4.79 Å². The van der Waals surface area contributed by atoms with Crippen molar-refractivity contribution in [2.75, 3.05) is 18.5 Å². The predicted molar refractivity (Wildman–Crippen MR) is 128 cm³/mol. The van der Waals surface area contributed by atoms with Crippen LogP contribution in [0.5, 0.6) is 0 Å². The third-order valence-corrected chi connectivity index (χ3v) is 5.51. The van der Waals surface area contributed by atoms with E-state index in [1.54, 1.807) is 0 Å². The van der Waals surface area contributed by atoms with E-state index in [4.69, 9.17) is 14.6 Å². The van der Waals surface area contributed by atoms with Crippen molar-refractivity contribution in [1.29, 1.82) is 0 Å². The average Bonchev–Trinajstić information content (AvgIpc) is 3.44. The Morgan fingerprint density at radius 2 is 1.88 bits per heavy atom. The normalized spacial score (nSPS) is 14.5. The predicted octanol–water partition coefficient (Wildman–Crippen LogP) is 4.79. The number of carbonyl (C=O) groups is 1. The van der Waals surface area contributed by atoms with Gasteiger partial charge in [0.1, 0.15) is 11.4 Å². The van der Waals surface area contributed by atoms with E-state index < -0.39 is 11.7 Å². The number of fused-ring (bicyclic) bond motifs is 1. The van der Waals surface area contributed by atoms with E-state index in [0.29, 0.717) is 19.3 Å². The number of alkyl carbamates (subject to hydrolysis) is 1. The van der Waals surface area contributed by atoms with Crippen LogP contribution in [0.4, 0.5) is 10.6 Å². The van der Waals surface area contributed by atoms with E-state index >= 15 is 0 Å². The first kappa shape index (κ1) is 23.0. The number of imidazole rings is 1. The van der Waals surface area contributed by atoms with Crippen LogP contribution >= 0.6 is 0 Å². The molecule has 1 aliphatic carbocycles. The highest BCUT2D eigenvalue weighted by atomic mass is 16.6. The summed E-state index contributed by atoms with van der Waals surface area (Å²) in [6.07, 6.45) is 6.73. The smallest absolute Gasteiger partial charge is 0.407 e. The lowest BCUT2D eigenvalue weighted by atomic mass is 10.1. The van der Waals surface area contributed by atoms with Gasteiger partial charge in [0.15, 0.2) is 5.65 Å². The van der Waals surface area contributed by atoms with Gasteiger partial charge in [-0.15, -0.1) is 5.10 Å². The maximum atomic E-state index is 11.9. The van der Waals surface area contributed by atoms with Gasteiger partial charge in [-0.3, -0.25) is 0 Å². The molecule has 8 heteroatoms. The summed E-state index contributed by atoms with van der Waals surface area (Å²) in [5.74, 6) is 0.787. The molecule has 4 rings (SSSR count). The lowest BCUT2D eigenvalue weighted by molar-refractivity contribution is 0.0523. The number of nitrogens with zero attached hydrogens (tertiary/aromatic N) is 3. The van der Waals surface area contributed by atoms with Crippen molar-refractivity contribution in [3.05, 3.63) is 48.2 Å². The van der Waals surface area contributed by atoms with Crippen LogP contribution in [0.2, 0.25) is 0 Å². The van der Waals surface area contributed by atoms with Crippen molar-refractivity contribution >= 4 is 17.6 Å². The Labute approximate surface area is 194 Å². The molecule has 0 unspecified atom stereocenters. The van der Waals surface area contributed by atoms with Crippen molar-refractivity contribution in [2.45, 2.75) is 64.7 Å². The molecule has 2 aromatic heterocycles. The van der Waals surface area contributed by atoms with Crippen molar-refractivity contribution in [3.8, 4) is 11.3 Å². The van der Waals surface area contributed by atoms with Gasteiger partial charge in [0, 0.05) is 18.7 Å². The summed E-state index contributed by atoms with van der Waals surface area (Å²) in [5.41, 5.74) is 3.16. The fourth-order valence-electron chi connectivity index (χ4n) is 3.91. The lowest BCUT2D eigenvalue weighted by Gasteiger charge is -2.19. The summed E-state index contributed by atoms with van der Waals surface area (Å²) in [6, 6.07) is 11.9. The standard InChI is InChI=1S/C25H33N5O3/c1-25(2,3)33-24(31)28-16-18-8-10-19(11-9-18)21-17-27-23-13-12-22(29-30(21)23)26-14-15-32-20-6-4-5-7-20/h8-13,17,20H,4-7,14-16H2,1-3H3,(H,26,29)(H,28,31). The zero-order valence-electron chi connectivity index (χ0n) is 19.6. The summed E-state index contributed by atoms with van der Waals surface area (Å²) >= 11 is 0. The van der Waals surface area contributed by atoms with Crippen LogP contribution in [0.1, 0.15) is 52.0 Å². The molecule has 3 aromatic rings. The van der Waals surface area contributed by atoms with Gasteiger partial charge in [-0.25, -0.2) is 14.3 Å². The third-order valence-electron chi connectivity index (χ3n) is 5.51. The van der Waals surface area contributed by atoms with Crippen LogP contribution in [0.3, 0.4) is 0 Å². The summed E-state index contributed by atoms with van der Waals surface area (Å²) in [7, 11) is 0. The van der Waals surface area contributed by atoms with Gasteiger partial charge in [0.2, 0.25) is 0 Å². The molecule has 2 N–H and O–H groups in total. The molecule has 1 aliphatic rings. The molecule has 1 saturated carbocycles. The van der Waals surface area contributed by atoms with E-state index in [0.717, 1.165) is 34.8 Å². The molecule has 2 heterocycles. The number of hydrogen-bond donors (Lipinski definition) is 2. The molecule has 33 heavy (non-hydrogen) atoms. The molecule has 0 atom stereocenters. The molecule has 1 fully saturated rings. The SMILES string of the molecule is CC(C)(C)OC(=O)NCc1ccc(-c2cnc3ccc(NCCOC4CCCC4)nn23)cc1. The zero-order chi connectivity index (χ0) is 23.3. The van der Waals surface area contributed by atoms with Crippen LogP contribution in [0, 0.1) is 0 Å². The maximum absolute atomic E-state index is 11.9. The molecule has 176 valence electrons. The summed E-state index contributed by atoms with van der Waals surface area (Å²) < 4.78 is 13.0. The highest BCUT2D eigenvalue weighted by molar-refractivity contribution is 5.68. The second-order valence-corrected chi connectivity index (χ2v) is 9.39. The maximum Gasteiger partial charge on any atom is 0.407 e. The molecule has 0 saturated heterocycles. The van der Waals surface area contributed by atoms with Gasteiger partial charge in [0.05, 0.1) is 24.6 Å². The number of ether oxygens (including phenoxy) is 2. The Bertz CT molecular complexity index is 1070. The van der Waals surface area contributed by atoms with E-state index in [-0.39, 0.29) is 0 Å². The Balaban J connectivity index is 1.36. The van der Waals surface area contributed by atoms with Gasteiger partial charge < -0.3 is 20.1 Å². The first-order chi connectivity index (χ1) is 15.9. The highest BCUT2D eigenvalue weighted by Crippen LogP contribution is 2.22. The molecular formula is C25H33N5O3. The molecule has 8 nitrogen and oxygen atoms in total. The summed E-state index contributed by atoms with van der Waals surface area (Å²) in [5, 5.41) is 10.8. The molecule has 0 spiro atoms. The minimum atomic E-state index is -0.513. The number of anilines is 1. The fraction of sp³-hybridized carbons (Fsp3) is 0.480. The van der Waals surface area contributed by atoms with Gasteiger partial charge in [-0.2, -0.15) is 0 Å². The molecule has 0 radical (unpaired) electrons. The minimum absolute atomic E-state index is 0.400. The minimum Gasteiger partial charge on any atom is -0.444 e. The molecule has 0 bridgehead atoms. The van der Waals surface area contributed by atoms with Crippen molar-refractivity contribution < 1.29 is 14.3 Å². The van der Waals surface area contributed by atoms with Crippen molar-refractivity contribution in [2.24, 2.45) is 0 Å². The van der Waals surface area contributed by atoms with Crippen LogP contribution < -0.4 is 10.6 Å². The topological polar surface area (TPSA) is 89.8 Å². The zero-order valence-corrected chi connectivity index (χ0v) is 19.6. The number of aromatic nitrogens is 3. The number of amides is 1. The van der Waals surface area contributed by atoms with E-state index in [1.165, 1.54) is 25.7 Å². The van der Waals surface area contributed by atoms with Crippen LogP contribution in [0.15, 0.2) is 42.6 Å². The van der Waals surface area contributed by atoms with Gasteiger partial charge in [-0.1, -0.05) is 37.1 Å². The molecule has 1 aromatic carbocycles. The number of rotatable bonds is 8. The van der Waals surface area contributed by atoms with Gasteiger partial charge in [0.25, 0.3) is 0 Å². The summed E-state index contributed by atoms with van der Waals surface area (Å²) in [4.78, 5) is 16.3. The Morgan fingerprint density at radius 1 is 1.12 bits per heavy atom. The largest absolute Gasteiger partial charge is 0.444 e. The first-order valence-electron chi connectivity index (χ1n) is 11.6. The Morgan fingerprint density at radius 3 is 2.61 bits per heavy atom. The fourth-order valence-corrected chi connectivity index (χ4v) is 3.91. The number of nitrogens with one attached hydrogen (secondary N) is 2. The molecular weight excluding hydrogens is 418 g/mol. The number of benzene rings is 1. The summed E-state index contributed by atoms with van der Waals surface area (Å²) in [6.45, 7) is 7.33. The van der Waals surface area contributed by atoms with Crippen molar-refractivity contribution in [3.63, 3.8) is 0 Å². The monoisotopic (exact) mass is 451 g/mol. The first-order valence-corrected chi connectivity index (χ1v) is 11.6. The molecule has 0 aliphatic heterocycles. The third kappa shape index (κ3) is 6.44. The van der Waals surface area contributed by atoms with Crippen LogP contribution in [-0.4, -0.2) is 45.5 Å². The van der Waals surface area contributed by atoms with E-state index in [1.807, 2.05) is 67.9 Å². The number of hydrogen-bond acceptors (Lipinski definition) is 6. The van der Waals surface area contributed by atoms with Crippen LogP contribution in [0.25, 0.3) is 16.9 Å². The second kappa shape index (κ2) is 10.2. The van der Waals surface area contributed by atoms with Gasteiger partial charge in [-0.05, 0) is 51.3 Å².